The molecule has 5 rings (SSSR count). The highest BCUT2D eigenvalue weighted by Gasteiger charge is 2.29. The van der Waals surface area contributed by atoms with E-state index in [1.807, 2.05) is 52.3 Å². The molecule has 0 radical (unpaired) electrons. The Kier molecular flexibility index (Phi) is 8.17. The Hall–Kier alpha value is -3.84. The lowest BCUT2D eigenvalue weighted by molar-refractivity contribution is -0.127. The number of nitrogens with zero attached hydrogens (tertiary/aromatic N) is 2. The summed E-state index contributed by atoms with van der Waals surface area (Å²) in [7, 11) is 0. The van der Waals surface area contributed by atoms with E-state index in [4.69, 9.17) is 0 Å². The van der Waals surface area contributed by atoms with E-state index in [-0.39, 0.29) is 17.7 Å². The predicted molar refractivity (Wildman–Crippen MR) is 157 cm³/mol. The van der Waals surface area contributed by atoms with E-state index in [2.05, 4.69) is 37.4 Å². The summed E-state index contributed by atoms with van der Waals surface area (Å²) >= 11 is 1.48. The Labute approximate surface area is 234 Å². The second-order valence-electron chi connectivity index (χ2n) is 10.1. The second-order valence-corrected chi connectivity index (χ2v) is 11.2. The first kappa shape index (κ1) is 26.8. The molecule has 0 saturated carbocycles. The minimum atomic E-state index is -0.140. The fraction of sp³-hybridized carbons (Fsp3) is 0.281. The first-order valence-corrected chi connectivity index (χ1v) is 14.2. The van der Waals surface area contributed by atoms with Crippen molar-refractivity contribution in [2.75, 3.05) is 24.5 Å². The third-order valence-corrected chi connectivity index (χ3v) is 8.27. The first-order chi connectivity index (χ1) is 18.9. The SMILES string of the molecule is Cc1ccc(C)c(CN2C(=O)/C(=C/c3ccc(C(=O)NCCCN4CCCC4=O)cc3)Sc3ccccc32)c1. The Morgan fingerprint density at radius 3 is 2.59 bits per heavy atom. The maximum atomic E-state index is 13.7. The van der Waals surface area contributed by atoms with Crippen LogP contribution in [0.1, 0.15) is 51.9 Å². The largest absolute Gasteiger partial charge is 0.352 e. The summed E-state index contributed by atoms with van der Waals surface area (Å²) in [6.07, 6.45) is 4.19. The number of para-hydroxylation sites is 1. The van der Waals surface area contributed by atoms with E-state index in [9.17, 15) is 14.4 Å². The van der Waals surface area contributed by atoms with Gasteiger partial charge in [0.25, 0.3) is 11.8 Å². The van der Waals surface area contributed by atoms with E-state index >= 15 is 0 Å². The quantitative estimate of drug-likeness (QED) is 0.293. The molecule has 3 amide bonds. The standard InChI is InChI=1S/C32H33N3O3S/c1-22-10-11-23(2)26(19-22)21-35-27-7-3-4-8-28(27)39-29(32(35)38)20-24-12-14-25(15-13-24)31(37)33-16-6-18-34-17-5-9-30(34)36/h3-4,7-8,10-15,19-20H,5-6,9,16-18,21H2,1-2H3,(H,33,37)/b29-20-. The van der Waals surface area contributed by atoms with Crippen LogP contribution in [0.5, 0.6) is 0 Å². The smallest absolute Gasteiger partial charge is 0.265 e. The highest BCUT2D eigenvalue weighted by Crippen LogP contribution is 2.42. The lowest BCUT2D eigenvalue weighted by Crippen LogP contribution is -2.34. The van der Waals surface area contributed by atoms with Crippen LogP contribution in [0.3, 0.4) is 0 Å². The van der Waals surface area contributed by atoms with Gasteiger partial charge in [0.05, 0.1) is 17.1 Å². The minimum absolute atomic E-state index is 0.0297. The van der Waals surface area contributed by atoms with Crippen LogP contribution in [0.25, 0.3) is 6.08 Å². The lowest BCUT2D eigenvalue weighted by atomic mass is 10.0. The van der Waals surface area contributed by atoms with Crippen molar-refractivity contribution in [3.63, 3.8) is 0 Å². The summed E-state index contributed by atoms with van der Waals surface area (Å²) in [6, 6.07) is 21.6. The molecule has 0 atom stereocenters. The van der Waals surface area contributed by atoms with Gasteiger partial charge in [0.1, 0.15) is 0 Å². The van der Waals surface area contributed by atoms with Gasteiger partial charge < -0.3 is 15.1 Å². The molecule has 0 aliphatic carbocycles. The Morgan fingerprint density at radius 2 is 1.82 bits per heavy atom. The summed E-state index contributed by atoms with van der Waals surface area (Å²) in [6.45, 7) is 6.67. The summed E-state index contributed by atoms with van der Waals surface area (Å²) in [4.78, 5) is 43.4. The summed E-state index contributed by atoms with van der Waals surface area (Å²) in [5, 5.41) is 2.94. The summed E-state index contributed by atoms with van der Waals surface area (Å²) in [5.74, 6) is 0.0362. The number of carbonyl (C=O) groups excluding carboxylic acids is 3. The number of hydrogen-bond donors (Lipinski definition) is 1. The Balaban J connectivity index is 1.27. The minimum Gasteiger partial charge on any atom is -0.352 e. The van der Waals surface area contributed by atoms with Crippen LogP contribution in [-0.2, 0) is 16.1 Å². The molecule has 1 fully saturated rings. The molecule has 200 valence electrons. The topological polar surface area (TPSA) is 69.7 Å². The number of likely N-dealkylation sites (tertiary alicyclic amines) is 1. The van der Waals surface area contributed by atoms with Gasteiger partial charge >= 0.3 is 0 Å². The molecule has 2 aliphatic heterocycles. The molecule has 0 bridgehead atoms. The van der Waals surface area contributed by atoms with Crippen LogP contribution < -0.4 is 10.2 Å². The molecule has 6 nitrogen and oxygen atoms in total. The van der Waals surface area contributed by atoms with Crippen LogP contribution in [0.4, 0.5) is 5.69 Å². The molecule has 2 heterocycles. The van der Waals surface area contributed by atoms with E-state index in [1.165, 1.54) is 17.3 Å². The summed E-state index contributed by atoms with van der Waals surface area (Å²) in [5.41, 5.74) is 5.82. The highest BCUT2D eigenvalue weighted by molar-refractivity contribution is 8.04. The number of nitrogens with one attached hydrogen (secondary N) is 1. The number of benzene rings is 3. The van der Waals surface area contributed by atoms with Gasteiger partial charge in [-0.1, -0.05) is 59.8 Å². The molecular formula is C32H33N3O3S. The van der Waals surface area contributed by atoms with Gasteiger partial charge in [0.15, 0.2) is 0 Å². The number of thioether (sulfide) groups is 1. The number of hydrogen-bond acceptors (Lipinski definition) is 4. The predicted octanol–water partition coefficient (Wildman–Crippen LogP) is 5.73. The number of amides is 3. The van der Waals surface area contributed by atoms with Crippen molar-refractivity contribution in [3.05, 3.63) is 99.5 Å². The van der Waals surface area contributed by atoms with Crippen molar-refractivity contribution in [2.24, 2.45) is 0 Å². The third kappa shape index (κ3) is 6.25. The molecule has 0 unspecified atom stereocenters. The zero-order valence-corrected chi connectivity index (χ0v) is 23.2. The molecule has 2 aliphatic rings. The van der Waals surface area contributed by atoms with Crippen molar-refractivity contribution < 1.29 is 14.4 Å². The molecule has 0 spiro atoms. The number of carbonyl (C=O) groups is 3. The molecule has 1 N–H and O–H groups in total. The molecular weight excluding hydrogens is 506 g/mol. The van der Waals surface area contributed by atoms with Gasteiger partial charge in [-0.2, -0.15) is 0 Å². The van der Waals surface area contributed by atoms with E-state index in [1.54, 1.807) is 12.1 Å². The average molecular weight is 540 g/mol. The molecule has 3 aromatic rings. The van der Waals surface area contributed by atoms with Crippen molar-refractivity contribution >= 4 is 41.2 Å². The van der Waals surface area contributed by atoms with Gasteiger partial charge in [-0.15, -0.1) is 0 Å². The molecule has 1 saturated heterocycles. The van der Waals surface area contributed by atoms with E-state index < -0.39 is 0 Å². The van der Waals surface area contributed by atoms with E-state index in [0.29, 0.717) is 36.5 Å². The number of anilines is 1. The average Bonchev–Trinajstić information content (AvgIpc) is 3.35. The molecule has 39 heavy (non-hydrogen) atoms. The van der Waals surface area contributed by atoms with Crippen LogP contribution in [0.2, 0.25) is 0 Å². The first-order valence-electron chi connectivity index (χ1n) is 13.4. The number of aryl methyl sites for hydroxylation is 2. The third-order valence-electron chi connectivity index (χ3n) is 7.20. The fourth-order valence-corrected chi connectivity index (χ4v) is 6.02. The van der Waals surface area contributed by atoms with Crippen molar-refractivity contribution in [1.82, 2.24) is 10.2 Å². The molecule has 0 aromatic heterocycles. The monoisotopic (exact) mass is 539 g/mol. The Morgan fingerprint density at radius 1 is 1.03 bits per heavy atom. The zero-order valence-electron chi connectivity index (χ0n) is 22.4. The van der Waals surface area contributed by atoms with Gasteiger partial charge in [-0.25, -0.2) is 0 Å². The van der Waals surface area contributed by atoms with Crippen LogP contribution in [0.15, 0.2) is 76.5 Å². The van der Waals surface area contributed by atoms with Gasteiger partial charge in [-0.05, 0) is 73.7 Å². The number of rotatable bonds is 8. The van der Waals surface area contributed by atoms with E-state index in [0.717, 1.165) is 46.7 Å². The van der Waals surface area contributed by atoms with Crippen molar-refractivity contribution in [1.29, 1.82) is 0 Å². The van der Waals surface area contributed by atoms with Gasteiger partial charge in [0, 0.05) is 36.5 Å². The molecule has 3 aromatic carbocycles. The van der Waals surface area contributed by atoms with Crippen molar-refractivity contribution in [3.8, 4) is 0 Å². The molecule has 7 heteroatoms. The van der Waals surface area contributed by atoms with Crippen LogP contribution >= 0.6 is 11.8 Å². The van der Waals surface area contributed by atoms with Crippen molar-refractivity contribution in [2.45, 2.75) is 44.6 Å². The van der Waals surface area contributed by atoms with Crippen LogP contribution in [-0.4, -0.2) is 42.3 Å². The van der Waals surface area contributed by atoms with Gasteiger partial charge in [0.2, 0.25) is 5.91 Å². The fourth-order valence-electron chi connectivity index (χ4n) is 4.96. The zero-order chi connectivity index (χ0) is 27.4. The normalized spacial score (nSPS) is 16.1. The Bertz CT molecular complexity index is 1430. The number of fused-ring (bicyclic) bond motifs is 1. The van der Waals surface area contributed by atoms with Gasteiger partial charge in [-0.3, -0.25) is 14.4 Å². The maximum Gasteiger partial charge on any atom is 0.265 e. The second kappa shape index (κ2) is 11.9. The summed E-state index contributed by atoms with van der Waals surface area (Å²) < 4.78 is 0. The highest BCUT2D eigenvalue weighted by atomic mass is 32.2. The van der Waals surface area contributed by atoms with Crippen LogP contribution in [0, 0.1) is 13.8 Å². The lowest BCUT2D eigenvalue weighted by Gasteiger charge is -2.31. The maximum absolute atomic E-state index is 13.7.